The Morgan fingerprint density at radius 2 is 1.79 bits per heavy atom. The van der Waals surface area contributed by atoms with Crippen LogP contribution >= 0.6 is 0 Å². The summed E-state index contributed by atoms with van der Waals surface area (Å²) in [7, 11) is 0. The van der Waals surface area contributed by atoms with E-state index in [4.69, 9.17) is 9.52 Å². The highest BCUT2D eigenvalue weighted by molar-refractivity contribution is 6.10. The molecule has 0 saturated carbocycles. The Kier molecular flexibility index (Phi) is 4.08. The molecule has 2 N–H and O–H groups in total. The van der Waals surface area contributed by atoms with E-state index in [9.17, 15) is 9.59 Å². The third-order valence-corrected chi connectivity index (χ3v) is 3.90. The van der Waals surface area contributed by atoms with Crippen LogP contribution in [0.1, 0.15) is 27.2 Å². The Balaban J connectivity index is 1.96. The molecule has 2 aromatic carbocycles. The van der Waals surface area contributed by atoms with Crippen LogP contribution in [0, 0.1) is 13.8 Å². The number of carboxylic acids is 1. The molecule has 0 amide bonds. The minimum atomic E-state index is -0.944. The Labute approximate surface area is 138 Å². The second kappa shape index (κ2) is 6.20. The highest BCUT2D eigenvalue weighted by Crippen LogP contribution is 2.29. The van der Waals surface area contributed by atoms with Gasteiger partial charge in [-0.15, -0.1) is 0 Å². The van der Waals surface area contributed by atoms with Gasteiger partial charge >= 0.3 is 5.97 Å². The number of hydrogen-bond donors (Lipinski definition) is 2. The first kappa shape index (κ1) is 15.8. The zero-order valence-corrected chi connectivity index (χ0v) is 13.4. The van der Waals surface area contributed by atoms with E-state index in [2.05, 4.69) is 5.32 Å². The topological polar surface area (TPSA) is 79.5 Å². The molecule has 0 aliphatic heterocycles. The molecule has 122 valence electrons. The van der Waals surface area contributed by atoms with Gasteiger partial charge in [0.1, 0.15) is 12.1 Å². The smallest absolute Gasteiger partial charge is 0.322 e. The predicted molar refractivity (Wildman–Crippen MR) is 91.7 cm³/mol. The van der Waals surface area contributed by atoms with Crippen LogP contribution in [0.3, 0.4) is 0 Å². The summed E-state index contributed by atoms with van der Waals surface area (Å²) in [4.78, 5) is 23.3. The average molecular weight is 323 g/mol. The van der Waals surface area contributed by atoms with Crippen LogP contribution in [0.5, 0.6) is 0 Å². The summed E-state index contributed by atoms with van der Waals surface area (Å²) in [5, 5.41) is 12.4. The summed E-state index contributed by atoms with van der Waals surface area (Å²) in [6.07, 6.45) is 0. The molecule has 0 radical (unpaired) electrons. The molecule has 0 saturated heterocycles. The normalized spacial score (nSPS) is 10.8. The van der Waals surface area contributed by atoms with Gasteiger partial charge in [0, 0.05) is 28.3 Å². The number of carbonyl (C=O) groups is 2. The monoisotopic (exact) mass is 323 g/mol. The maximum absolute atomic E-state index is 12.7. The number of benzene rings is 2. The number of carboxylic acid groups (broad SMARTS) is 1. The predicted octanol–water partition coefficient (Wildman–Crippen LogP) is 3.78. The lowest BCUT2D eigenvalue weighted by Crippen LogP contribution is -2.11. The van der Waals surface area contributed by atoms with E-state index in [0.717, 1.165) is 16.5 Å². The second-order valence-corrected chi connectivity index (χ2v) is 5.71. The van der Waals surface area contributed by atoms with Gasteiger partial charge in [-0.05, 0) is 26.0 Å². The van der Waals surface area contributed by atoms with Gasteiger partial charge in [0.2, 0.25) is 5.78 Å². The molecule has 0 unspecified atom stereocenters. The maximum Gasteiger partial charge on any atom is 0.322 e. The van der Waals surface area contributed by atoms with Crippen LogP contribution in [0.25, 0.3) is 11.0 Å². The number of anilines is 1. The van der Waals surface area contributed by atoms with Gasteiger partial charge in [-0.2, -0.15) is 0 Å². The summed E-state index contributed by atoms with van der Waals surface area (Å²) in [6.45, 7) is 3.63. The molecule has 24 heavy (non-hydrogen) atoms. The number of nitrogens with one attached hydrogen (secondary N) is 1. The Hall–Kier alpha value is -3.08. The highest BCUT2D eigenvalue weighted by Gasteiger charge is 2.19. The standard InChI is InChI=1S/C19H17NO4/c1-11-3-5-13(6-4-11)18(23)19-12(2)15-8-7-14(9-16(15)24-19)20-10-17(21)22/h3-9,20H,10H2,1-2H3,(H,21,22). The average Bonchev–Trinajstić information content (AvgIpc) is 2.89. The van der Waals surface area contributed by atoms with E-state index in [-0.39, 0.29) is 12.3 Å². The van der Waals surface area contributed by atoms with Crippen LogP contribution in [-0.2, 0) is 4.79 Å². The molecule has 1 heterocycles. The summed E-state index contributed by atoms with van der Waals surface area (Å²) < 4.78 is 5.76. The first-order valence-electron chi connectivity index (χ1n) is 7.56. The number of carbonyl (C=O) groups excluding carboxylic acids is 1. The lowest BCUT2D eigenvalue weighted by Gasteiger charge is -2.02. The van der Waals surface area contributed by atoms with Crippen molar-refractivity contribution in [3.05, 3.63) is 64.9 Å². The number of aliphatic carboxylic acids is 1. The van der Waals surface area contributed by atoms with Gasteiger partial charge in [-0.3, -0.25) is 9.59 Å². The molecule has 0 bridgehead atoms. The lowest BCUT2D eigenvalue weighted by molar-refractivity contribution is -0.134. The van der Waals surface area contributed by atoms with Gasteiger partial charge < -0.3 is 14.8 Å². The number of furan rings is 1. The Morgan fingerprint density at radius 3 is 2.46 bits per heavy atom. The van der Waals surface area contributed by atoms with Crippen molar-refractivity contribution in [2.75, 3.05) is 11.9 Å². The van der Waals surface area contributed by atoms with Crippen LogP contribution in [0.15, 0.2) is 46.9 Å². The summed E-state index contributed by atoms with van der Waals surface area (Å²) >= 11 is 0. The fraction of sp³-hybridized carbons (Fsp3) is 0.158. The molecule has 0 aliphatic carbocycles. The van der Waals surface area contributed by atoms with Gasteiger partial charge in [-0.25, -0.2) is 0 Å². The number of ketones is 1. The second-order valence-electron chi connectivity index (χ2n) is 5.71. The van der Waals surface area contributed by atoms with Crippen molar-refractivity contribution in [2.45, 2.75) is 13.8 Å². The van der Waals surface area contributed by atoms with Gasteiger partial charge in [-0.1, -0.05) is 29.8 Å². The van der Waals surface area contributed by atoms with E-state index >= 15 is 0 Å². The van der Waals surface area contributed by atoms with Crippen molar-refractivity contribution in [1.29, 1.82) is 0 Å². The van der Waals surface area contributed by atoms with Crippen molar-refractivity contribution in [2.24, 2.45) is 0 Å². The van der Waals surface area contributed by atoms with Crippen LogP contribution in [0.4, 0.5) is 5.69 Å². The molecule has 0 atom stereocenters. The van der Waals surface area contributed by atoms with Crippen molar-refractivity contribution >= 4 is 28.4 Å². The van der Waals surface area contributed by atoms with Crippen molar-refractivity contribution in [1.82, 2.24) is 0 Å². The zero-order chi connectivity index (χ0) is 17.3. The van der Waals surface area contributed by atoms with Gasteiger partial charge in [0.25, 0.3) is 0 Å². The molecule has 5 heteroatoms. The van der Waals surface area contributed by atoms with Crippen molar-refractivity contribution < 1.29 is 19.1 Å². The number of fused-ring (bicyclic) bond motifs is 1. The van der Waals surface area contributed by atoms with E-state index in [0.29, 0.717) is 22.6 Å². The number of hydrogen-bond acceptors (Lipinski definition) is 4. The third kappa shape index (κ3) is 3.01. The first-order chi connectivity index (χ1) is 11.5. The van der Waals surface area contributed by atoms with Crippen molar-refractivity contribution in [3.8, 4) is 0 Å². The van der Waals surface area contributed by atoms with Crippen LogP contribution in [-0.4, -0.2) is 23.4 Å². The minimum absolute atomic E-state index is 0.163. The quantitative estimate of drug-likeness (QED) is 0.699. The lowest BCUT2D eigenvalue weighted by atomic mass is 10.0. The summed E-state index contributed by atoms with van der Waals surface area (Å²) in [6, 6.07) is 12.6. The summed E-state index contributed by atoms with van der Waals surface area (Å²) in [5.41, 5.74) is 3.63. The molecule has 3 rings (SSSR count). The molecule has 0 fully saturated rings. The first-order valence-corrected chi connectivity index (χ1v) is 7.56. The fourth-order valence-corrected chi connectivity index (χ4v) is 2.57. The SMILES string of the molecule is Cc1ccc(C(=O)c2oc3cc(NCC(=O)O)ccc3c2C)cc1. The summed E-state index contributed by atoms with van der Waals surface area (Å²) in [5.74, 6) is -0.797. The van der Waals surface area contributed by atoms with Gasteiger partial charge in [0.15, 0.2) is 5.76 Å². The molecule has 0 spiro atoms. The van der Waals surface area contributed by atoms with E-state index < -0.39 is 5.97 Å². The van der Waals surface area contributed by atoms with Gasteiger partial charge in [0.05, 0.1) is 0 Å². The third-order valence-electron chi connectivity index (χ3n) is 3.90. The molecular formula is C19H17NO4. The van der Waals surface area contributed by atoms with Crippen LogP contribution < -0.4 is 5.32 Å². The maximum atomic E-state index is 12.7. The Morgan fingerprint density at radius 1 is 1.08 bits per heavy atom. The number of rotatable bonds is 5. The molecule has 1 aromatic heterocycles. The molecule has 5 nitrogen and oxygen atoms in total. The van der Waals surface area contributed by atoms with E-state index in [1.807, 2.05) is 32.0 Å². The molecule has 3 aromatic rings. The zero-order valence-electron chi connectivity index (χ0n) is 13.4. The molecule has 0 aliphatic rings. The largest absolute Gasteiger partial charge is 0.480 e. The van der Waals surface area contributed by atoms with Crippen molar-refractivity contribution in [3.63, 3.8) is 0 Å². The van der Waals surface area contributed by atoms with E-state index in [1.54, 1.807) is 24.3 Å². The fourth-order valence-electron chi connectivity index (χ4n) is 2.57. The molecular weight excluding hydrogens is 306 g/mol. The Bertz CT molecular complexity index is 922. The number of aryl methyl sites for hydroxylation is 2. The minimum Gasteiger partial charge on any atom is -0.480 e. The highest BCUT2D eigenvalue weighted by atomic mass is 16.4. The van der Waals surface area contributed by atoms with E-state index in [1.165, 1.54) is 0 Å². The van der Waals surface area contributed by atoms with Crippen LogP contribution in [0.2, 0.25) is 0 Å².